The highest BCUT2D eigenvalue weighted by atomic mass is 16.3. The Balaban J connectivity index is 1.56. The van der Waals surface area contributed by atoms with Crippen LogP contribution in [-0.2, 0) is 6.42 Å². The van der Waals surface area contributed by atoms with Gasteiger partial charge in [0, 0.05) is 11.1 Å². The molecule has 3 aromatic carbocycles. The van der Waals surface area contributed by atoms with Crippen molar-refractivity contribution in [1.29, 1.82) is 0 Å². The lowest BCUT2D eigenvalue weighted by molar-refractivity contribution is 0.200. The summed E-state index contributed by atoms with van der Waals surface area (Å²) in [4.78, 5) is 4.66. The smallest absolute Gasteiger partial charge is 0.227 e. The van der Waals surface area contributed by atoms with Gasteiger partial charge in [0.05, 0.1) is 6.61 Å². The van der Waals surface area contributed by atoms with Gasteiger partial charge in [0.15, 0.2) is 5.58 Å². The van der Waals surface area contributed by atoms with Gasteiger partial charge >= 0.3 is 0 Å². The van der Waals surface area contributed by atoms with Gasteiger partial charge in [-0.05, 0) is 60.7 Å². The van der Waals surface area contributed by atoms with Crippen molar-refractivity contribution in [2.24, 2.45) is 5.73 Å². The molecule has 1 aromatic heterocycles. The average Bonchev–Trinajstić information content (AvgIpc) is 3.16. The van der Waals surface area contributed by atoms with Crippen molar-refractivity contribution in [3.63, 3.8) is 0 Å². The number of hydrogen-bond acceptors (Lipinski definition) is 4. The van der Waals surface area contributed by atoms with E-state index in [-0.39, 0.29) is 6.61 Å². The second-order valence-corrected chi connectivity index (χ2v) is 7.58. The highest BCUT2D eigenvalue weighted by Gasteiger charge is 2.17. The van der Waals surface area contributed by atoms with Crippen LogP contribution >= 0.6 is 0 Å². The number of aromatic nitrogens is 1. The summed E-state index contributed by atoms with van der Waals surface area (Å²) < 4.78 is 5.95. The first-order chi connectivity index (χ1) is 13.5. The van der Waals surface area contributed by atoms with E-state index >= 15 is 0 Å². The molecule has 0 aliphatic carbocycles. The van der Waals surface area contributed by atoms with E-state index < -0.39 is 5.54 Å². The van der Waals surface area contributed by atoms with Crippen LogP contribution in [0.5, 0.6) is 0 Å². The fourth-order valence-corrected chi connectivity index (χ4v) is 3.20. The van der Waals surface area contributed by atoms with Gasteiger partial charge in [-0.25, -0.2) is 4.98 Å². The Morgan fingerprint density at radius 1 is 0.929 bits per heavy atom. The molecule has 28 heavy (non-hydrogen) atoms. The molecule has 0 amide bonds. The van der Waals surface area contributed by atoms with Gasteiger partial charge in [0.2, 0.25) is 5.89 Å². The van der Waals surface area contributed by atoms with Crippen LogP contribution in [0.2, 0.25) is 0 Å². The maximum Gasteiger partial charge on any atom is 0.227 e. The van der Waals surface area contributed by atoms with Crippen molar-refractivity contribution >= 4 is 11.1 Å². The highest BCUT2D eigenvalue weighted by Crippen LogP contribution is 2.28. The number of aliphatic hydroxyl groups is 1. The minimum atomic E-state index is -0.565. The predicted octanol–water partition coefficient (Wildman–Crippen LogP) is 4.80. The summed E-state index contributed by atoms with van der Waals surface area (Å²) in [6, 6.07) is 24.5. The Hall–Kier alpha value is -2.95. The Bertz CT molecular complexity index is 1070. The van der Waals surface area contributed by atoms with E-state index in [0.717, 1.165) is 34.2 Å². The molecule has 0 radical (unpaired) electrons. The first-order valence-corrected chi connectivity index (χ1v) is 9.49. The van der Waals surface area contributed by atoms with Crippen LogP contribution in [0, 0.1) is 0 Å². The van der Waals surface area contributed by atoms with E-state index in [1.807, 2.05) is 55.5 Å². The predicted molar refractivity (Wildman–Crippen MR) is 113 cm³/mol. The van der Waals surface area contributed by atoms with Crippen LogP contribution < -0.4 is 5.73 Å². The Morgan fingerprint density at radius 3 is 2.32 bits per heavy atom. The third-order valence-corrected chi connectivity index (χ3v) is 5.04. The topological polar surface area (TPSA) is 72.3 Å². The fourth-order valence-electron chi connectivity index (χ4n) is 3.20. The van der Waals surface area contributed by atoms with Crippen LogP contribution in [0.4, 0.5) is 0 Å². The summed E-state index contributed by atoms with van der Waals surface area (Å²) in [7, 11) is 0. The molecule has 1 atom stereocenters. The SMILES string of the molecule is C[C@](N)(CO)CCc1ccc2oc(-c3ccc(-c4ccccc4)cc3)nc2c1. The molecule has 0 saturated carbocycles. The molecule has 142 valence electrons. The maximum absolute atomic E-state index is 9.31. The number of rotatable bonds is 6. The summed E-state index contributed by atoms with van der Waals surface area (Å²) in [5, 5.41) is 9.31. The molecule has 4 rings (SSSR count). The molecule has 0 saturated heterocycles. The van der Waals surface area contributed by atoms with Crippen molar-refractivity contribution in [3.8, 4) is 22.6 Å². The van der Waals surface area contributed by atoms with E-state index in [1.165, 1.54) is 5.56 Å². The molecule has 0 fully saturated rings. The van der Waals surface area contributed by atoms with Crippen molar-refractivity contribution < 1.29 is 9.52 Å². The fraction of sp³-hybridized carbons (Fsp3) is 0.208. The molecular weight excluding hydrogens is 348 g/mol. The number of benzene rings is 3. The largest absolute Gasteiger partial charge is 0.436 e. The summed E-state index contributed by atoms with van der Waals surface area (Å²) >= 11 is 0. The molecule has 3 N–H and O–H groups in total. The minimum Gasteiger partial charge on any atom is -0.436 e. The van der Waals surface area contributed by atoms with Gasteiger partial charge in [-0.3, -0.25) is 0 Å². The summed E-state index contributed by atoms with van der Waals surface area (Å²) in [6.07, 6.45) is 1.50. The average molecular weight is 372 g/mol. The van der Waals surface area contributed by atoms with Gasteiger partial charge in [-0.15, -0.1) is 0 Å². The zero-order valence-corrected chi connectivity index (χ0v) is 15.9. The third-order valence-electron chi connectivity index (χ3n) is 5.04. The van der Waals surface area contributed by atoms with Crippen LogP contribution in [0.15, 0.2) is 77.2 Å². The van der Waals surface area contributed by atoms with Gasteiger partial charge in [0.1, 0.15) is 5.52 Å². The molecule has 1 heterocycles. The van der Waals surface area contributed by atoms with Crippen molar-refractivity contribution in [1.82, 2.24) is 4.98 Å². The van der Waals surface area contributed by atoms with Crippen LogP contribution in [-0.4, -0.2) is 22.2 Å². The third kappa shape index (κ3) is 3.98. The molecule has 4 aromatic rings. The molecule has 0 spiro atoms. The first-order valence-electron chi connectivity index (χ1n) is 9.49. The van der Waals surface area contributed by atoms with Crippen molar-refractivity contribution in [3.05, 3.63) is 78.4 Å². The highest BCUT2D eigenvalue weighted by molar-refractivity contribution is 5.77. The van der Waals surface area contributed by atoms with E-state index in [2.05, 4.69) is 29.2 Å². The van der Waals surface area contributed by atoms with E-state index in [1.54, 1.807) is 0 Å². The zero-order chi connectivity index (χ0) is 19.6. The number of oxazole rings is 1. The van der Waals surface area contributed by atoms with Gasteiger partial charge in [0.25, 0.3) is 0 Å². The zero-order valence-electron chi connectivity index (χ0n) is 15.9. The monoisotopic (exact) mass is 372 g/mol. The Morgan fingerprint density at radius 2 is 1.61 bits per heavy atom. The second kappa shape index (κ2) is 7.58. The maximum atomic E-state index is 9.31. The molecule has 4 nitrogen and oxygen atoms in total. The van der Waals surface area contributed by atoms with Gasteiger partial charge in [-0.2, -0.15) is 0 Å². The van der Waals surface area contributed by atoms with Gasteiger partial charge < -0.3 is 15.3 Å². The Kier molecular flexibility index (Phi) is 4.99. The normalized spacial score (nSPS) is 13.5. The van der Waals surface area contributed by atoms with Crippen molar-refractivity contribution in [2.75, 3.05) is 6.61 Å². The lowest BCUT2D eigenvalue weighted by atomic mass is 9.95. The Labute approximate surface area is 164 Å². The summed E-state index contributed by atoms with van der Waals surface area (Å²) in [6.45, 7) is 1.83. The standard InChI is InChI=1S/C24H24N2O2/c1-24(25,16-27)14-13-17-7-12-22-21(15-17)26-23(28-22)20-10-8-19(9-11-20)18-5-3-2-4-6-18/h2-12,15,27H,13-14,16,25H2,1H3/t24-/m1/s1. The molecule has 0 bridgehead atoms. The molecule has 0 aliphatic rings. The van der Waals surface area contributed by atoms with Crippen LogP contribution in [0.25, 0.3) is 33.7 Å². The number of aryl methyl sites for hydroxylation is 1. The number of nitrogens with two attached hydrogens (primary N) is 1. The first kappa shape index (κ1) is 18.4. The molecule has 4 heteroatoms. The van der Waals surface area contributed by atoms with Crippen molar-refractivity contribution in [2.45, 2.75) is 25.3 Å². The second-order valence-electron chi connectivity index (χ2n) is 7.58. The molecular formula is C24H24N2O2. The van der Waals surface area contributed by atoms with E-state index in [0.29, 0.717) is 12.3 Å². The van der Waals surface area contributed by atoms with Crippen LogP contribution in [0.3, 0.4) is 0 Å². The molecule has 0 aliphatic heterocycles. The quantitative estimate of drug-likeness (QED) is 0.510. The number of nitrogens with zero attached hydrogens (tertiary/aromatic N) is 1. The van der Waals surface area contributed by atoms with E-state index in [9.17, 15) is 5.11 Å². The lowest BCUT2D eigenvalue weighted by Crippen LogP contribution is -2.40. The number of hydrogen-bond donors (Lipinski definition) is 2. The number of fused-ring (bicyclic) bond motifs is 1. The number of aliphatic hydroxyl groups excluding tert-OH is 1. The summed E-state index contributed by atoms with van der Waals surface area (Å²) in [5.74, 6) is 0.616. The molecule has 0 unspecified atom stereocenters. The minimum absolute atomic E-state index is 0.0255. The summed E-state index contributed by atoms with van der Waals surface area (Å²) in [5.41, 5.74) is 11.5. The van der Waals surface area contributed by atoms with Gasteiger partial charge in [-0.1, -0.05) is 48.5 Å². The van der Waals surface area contributed by atoms with Crippen LogP contribution in [0.1, 0.15) is 18.9 Å². The van der Waals surface area contributed by atoms with E-state index in [4.69, 9.17) is 10.2 Å². The lowest BCUT2D eigenvalue weighted by Gasteiger charge is -2.21.